The minimum absolute atomic E-state index is 0.0675. The van der Waals surface area contributed by atoms with Gasteiger partial charge < -0.3 is 14.8 Å². The number of carbonyl (C=O) groups excluding carboxylic acids is 1. The molecular weight excluding hydrogens is 285 g/mol. The normalized spacial score (nSPS) is 10.1. The molecule has 0 spiro atoms. The highest BCUT2D eigenvalue weighted by Crippen LogP contribution is 2.18. The van der Waals surface area contributed by atoms with Crippen molar-refractivity contribution in [3.8, 4) is 11.5 Å². The Balaban J connectivity index is 1.83. The lowest BCUT2D eigenvalue weighted by molar-refractivity contribution is -0.123. The summed E-state index contributed by atoms with van der Waals surface area (Å²) in [6, 6.07) is 11.7. The van der Waals surface area contributed by atoms with Crippen LogP contribution >= 0.6 is 0 Å². The van der Waals surface area contributed by atoms with E-state index in [1.807, 2.05) is 25.1 Å². The van der Waals surface area contributed by atoms with E-state index in [9.17, 15) is 9.18 Å². The lowest BCUT2D eigenvalue weighted by Crippen LogP contribution is -2.28. The number of aryl methyl sites for hydroxylation is 1. The van der Waals surface area contributed by atoms with Crippen molar-refractivity contribution in [3.05, 3.63) is 59.4 Å². The van der Waals surface area contributed by atoms with Gasteiger partial charge in [-0.15, -0.1) is 0 Å². The van der Waals surface area contributed by atoms with E-state index >= 15 is 0 Å². The van der Waals surface area contributed by atoms with Crippen molar-refractivity contribution in [1.82, 2.24) is 5.32 Å². The Morgan fingerprint density at radius 3 is 2.64 bits per heavy atom. The van der Waals surface area contributed by atoms with Gasteiger partial charge in [0.05, 0.1) is 7.11 Å². The van der Waals surface area contributed by atoms with Gasteiger partial charge in [0.2, 0.25) is 0 Å². The average molecular weight is 303 g/mol. The molecule has 0 aromatic heterocycles. The van der Waals surface area contributed by atoms with Crippen LogP contribution in [0.2, 0.25) is 0 Å². The van der Waals surface area contributed by atoms with E-state index in [0.29, 0.717) is 6.54 Å². The molecule has 2 aromatic rings. The fourth-order valence-corrected chi connectivity index (χ4v) is 2.01. The molecule has 5 heteroatoms. The number of nitrogens with one attached hydrogen (secondary N) is 1. The monoisotopic (exact) mass is 303 g/mol. The van der Waals surface area contributed by atoms with Gasteiger partial charge in [-0.05, 0) is 36.2 Å². The highest BCUT2D eigenvalue weighted by Gasteiger charge is 2.07. The Morgan fingerprint density at radius 1 is 1.18 bits per heavy atom. The maximum atomic E-state index is 13.3. The van der Waals surface area contributed by atoms with Crippen LogP contribution in [0.15, 0.2) is 42.5 Å². The molecule has 4 nitrogen and oxygen atoms in total. The van der Waals surface area contributed by atoms with Crippen LogP contribution in [0.3, 0.4) is 0 Å². The summed E-state index contributed by atoms with van der Waals surface area (Å²) in [4.78, 5) is 11.7. The summed E-state index contributed by atoms with van der Waals surface area (Å²) in [6.07, 6.45) is 0. The Kier molecular flexibility index (Phi) is 5.36. The molecule has 22 heavy (non-hydrogen) atoms. The fraction of sp³-hybridized carbons (Fsp3) is 0.235. The van der Waals surface area contributed by atoms with E-state index in [1.165, 1.54) is 12.1 Å². The predicted octanol–water partition coefficient (Wildman–Crippen LogP) is 2.84. The van der Waals surface area contributed by atoms with Crippen molar-refractivity contribution in [2.75, 3.05) is 13.7 Å². The highest BCUT2D eigenvalue weighted by atomic mass is 19.1. The average Bonchev–Trinajstić information content (AvgIpc) is 2.52. The van der Waals surface area contributed by atoms with Gasteiger partial charge in [0, 0.05) is 6.54 Å². The first-order chi connectivity index (χ1) is 10.6. The number of halogens is 1. The molecule has 0 atom stereocenters. The van der Waals surface area contributed by atoms with Crippen LogP contribution in [0, 0.1) is 12.7 Å². The Bertz CT molecular complexity index is 658. The first-order valence-electron chi connectivity index (χ1n) is 6.87. The van der Waals surface area contributed by atoms with Crippen LogP contribution in [-0.2, 0) is 11.3 Å². The maximum Gasteiger partial charge on any atom is 0.258 e. The van der Waals surface area contributed by atoms with Crippen molar-refractivity contribution in [3.63, 3.8) is 0 Å². The van der Waals surface area contributed by atoms with Gasteiger partial charge in [-0.2, -0.15) is 0 Å². The van der Waals surface area contributed by atoms with Crippen LogP contribution in [0.25, 0.3) is 0 Å². The molecule has 0 fully saturated rings. The molecule has 0 bridgehead atoms. The minimum atomic E-state index is -0.485. The second-order valence-corrected chi connectivity index (χ2v) is 4.80. The Morgan fingerprint density at radius 2 is 1.95 bits per heavy atom. The van der Waals surface area contributed by atoms with E-state index < -0.39 is 5.82 Å². The largest absolute Gasteiger partial charge is 0.496 e. The topological polar surface area (TPSA) is 47.6 Å². The lowest BCUT2D eigenvalue weighted by Gasteiger charge is -2.10. The Labute approximate surface area is 128 Å². The van der Waals surface area contributed by atoms with Crippen molar-refractivity contribution in [2.24, 2.45) is 0 Å². The second kappa shape index (κ2) is 7.45. The van der Waals surface area contributed by atoms with Crippen LogP contribution in [0.5, 0.6) is 11.5 Å². The van der Waals surface area contributed by atoms with Gasteiger partial charge in [0.25, 0.3) is 5.91 Å². The molecule has 0 aliphatic rings. The zero-order valence-corrected chi connectivity index (χ0v) is 12.6. The molecule has 0 heterocycles. The number of para-hydroxylation sites is 1. The smallest absolute Gasteiger partial charge is 0.258 e. The van der Waals surface area contributed by atoms with Gasteiger partial charge in [-0.25, -0.2) is 4.39 Å². The summed E-state index contributed by atoms with van der Waals surface area (Å²) in [5.74, 6) is 0.0775. The molecule has 1 amide bonds. The summed E-state index contributed by atoms with van der Waals surface area (Å²) in [5.41, 5.74) is 1.95. The van der Waals surface area contributed by atoms with Gasteiger partial charge in [0.1, 0.15) is 5.75 Å². The number of benzene rings is 2. The summed E-state index contributed by atoms with van der Waals surface area (Å²) >= 11 is 0. The van der Waals surface area contributed by atoms with E-state index in [1.54, 1.807) is 19.2 Å². The van der Waals surface area contributed by atoms with Crippen LogP contribution < -0.4 is 14.8 Å². The lowest BCUT2D eigenvalue weighted by atomic mass is 10.1. The molecule has 0 saturated carbocycles. The third-order valence-electron chi connectivity index (χ3n) is 3.14. The van der Waals surface area contributed by atoms with E-state index in [4.69, 9.17) is 9.47 Å². The molecule has 2 aromatic carbocycles. The molecule has 0 saturated heterocycles. The zero-order chi connectivity index (χ0) is 15.9. The predicted molar refractivity (Wildman–Crippen MR) is 81.5 cm³/mol. The molecule has 0 radical (unpaired) electrons. The van der Waals surface area contributed by atoms with Crippen molar-refractivity contribution < 1.29 is 18.7 Å². The van der Waals surface area contributed by atoms with E-state index in [2.05, 4.69) is 5.32 Å². The molecule has 2 rings (SSSR count). The molecule has 0 unspecified atom stereocenters. The number of amides is 1. The zero-order valence-electron chi connectivity index (χ0n) is 12.6. The molecule has 1 N–H and O–H groups in total. The van der Waals surface area contributed by atoms with Gasteiger partial charge >= 0.3 is 0 Å². The number of rotatable bonds is 6. The van der Waals surface area contributed by atoms with Crippen LogP contribution in [0.4, 0.5) is 4.39 Å². The maximum absolute atomic E-state index is 13.3. The summed E-state index contributed by atoms with van der Waals surface area (Å²) < 4.78 is 23.7. The van der Waals surface area contributed by atoms with Crippen LogP contribution in [-0.4, -0.2) is 19.6 Å². The number of carbonyl (C=O) groups is 1. The third-order valence-corrected chi connectivity index (χ3v) is 3.14. The summed E-state index contributed by atoms with van der Waals surface area (Å²) in [6.45, 7) is 2.09. The number of hydrogen-bond donors (Lipinski definition) is 1. The molecule has 116 valence electrons. The Hall–Kier alpha value is -2.56. The minimum Gasteiger partial charge on any atom is -0.496 e. The molecule has 0 aliphatic heterocycles. The second-order valence-electron chi connectivity index (χ2n) is 4.80. The fourth-order valence-electron chi connectivity index (χ4n) is 2.01. The van der Waals surface area contributed by atoms with Crippen LogP contribution in [0.1, 0.15) is 11.1 Å². The van der Waals surface area contributed by atoms with Gasteiger partial charge in [0.15, 0.2) is 18.2 Å². The van der Waals surface area contributed by atoms with E-state index in [0.717, 1.165) is 16.9 Å². The standard InChI is InChI=1S/C17H18FNO3/c1-12-9-13(7-8-15(12)21-2)10-19-17(20)11-22-16-6-4-3-5-14(16)18/h3-9H,10-11H2,1-2H3,(H,19,20). The number of methoxy groups -OCH3 is 1. The first kappa shape index (κ1) is 15.8. The molecular formula is C17H18FNO3. The number of ether oxygens (including phenoxy) is 2. The quantitative estimate of drug-likeness (QED) is 0.892. The van der Waals surface area contributed by atoms with Crippen molar-refractivity contribution in [2.45, 2.75) is 13.5 Å². The van der Waals surface area contributed by atoms with Gasteiger partial charge in [-0.3, -0.25) is 4.79 Å². The van der Waals surface area contributed by atoms with Gasteiger partial charge in [-0.1, -0.05) is 24.3 Å². The van der Waals surface area contributed by atoms with E-state index in [-0.39, 0.29) is 18.3 Å². The SMILES string of the molecule is COc1ccc(CNC(=O)COc2ccccc2F)cc1C. The number of hydrogen-bond acceptors (Lipinski definition) is 3. The van der Waals surface area contributed by atoms with Crippen molar-refractivity contribution >= 4 is 5.91 Å². The molecule has 0 aliphatic carbocycles. The highest BCUT2D eigenvalue weighted by molar-refractivity contribution is 5.77. The van der Waals surface area contributed by atoms with Crippen molar-refractivity contribution in [1.29, 1.82) is 0 Å². The summed E-state index contributed by atoms with van der Waals surface area (Å²) in [5, 5.41) is 2.73. The summed E-state index contributed by atoms with van der Waals surface area (Å²) in [7, 11) is 1.61. The first-order valence-corrected chi connectivity index (χ1v) is 6.87. The third kappa shape index (κ3) is 4.22.